The van der Waals surface area contributed by atoms with E-state index in [0.717, 1.165) is 17.7 Å². The topological polar surface area (TPSA) is 69.6 Å². The first-order valence-electron chi connectivity index (χ1n) is 6.03. The van der Waals surface area contributed by atoms with E-state index in [1.807, 2.05) is 30.5 Å². The summed E-state index contributed by atoms with van der Waals surface area (Å²) in [7, 11) is 0. The Morgan fingerprint density at radius 1 is 1.37 bits per heavy atom. The Bertz CT molecular complexity index is 471. The van der Waals surface area contributed by atoms with E-state index < -0.39 is 5.97 Å². The number of carbonyl (C=O) groups is 2. The molecule has 1 aromatic carbocycles. The summed E-state index contributed by atoms with van der Waals surface area (Å²) in [6.07, 6.45) is 3.74. The zero-order chi connectivity index (χ0) is 13.8. The van der Waals surface area contributed by atoms with E-state index >= 15 is 0 Å². The van der Waals surface area contributed by atoms with Gasteiger partial charge < -0.3 is 15.3 Å². The molecule has 1 aliphatic carbocycles. The molecule has 0 atom stereocenters. The van der Waals surface area contributed by atoms with Crippen molar-refractivity contribution >= 4 is 29.4 Å². The first-order valence-corrected chi connectivity index (χ1v) is 7.26. The molecule has 1 aliphatic rings. The Kier molecular flexibility index (Phi) is 4.31. The number of rotatable bonds is 5. The van der Waals surface area contributed by atoms with Crippen LogP contribution >= 0.6 is 11.8 Å². The molecular formula is C13H16N2O3S. The van der Waals surface area contributed by atoms with Gasteiger partial charge in [-0.25, -0.2) is 4.79 Å². The minimum absolute atomic E-state index is 0.0709. The maximum absolute atomic E-state index is 12.0. The first kappa shape index (κ1) is 13.7. The van der Waals surface area contributed by atoms with Crippen LogP contribution in [0.15, 0.2) is 29.2 Å². The van der Waals surface area contributed by atoms with Gasteiger partial charge in [0.05, 0.1) is 0 Å². The van der Waals surface area contributed by atoms with Crippen molar-refractivity contribution in [2.75, 3.05) is 18.1 Å². The molecule has 0 spiro atoms. The monoisotopic (exact) mass is 280 g/mol. The van der Waals surface area contributed by atoms with Crippen LogP contribution < -0.4 is 5.32 Å². The second kappa shape index (κ2) is 5.97. The SMILES string of the molecule is CSc1ccc(NC(=O)N(CC(=O)O)C2CC2)cc1. The fraction of sp³-hybridized carbons (Fsp3) is 0.385. The number of carbonyl (C=O) groups excluding carboxylic acids is 1. The number of thioether (sulfide) groups is 1. The fourth-order valence-corrected chi connectivity index (χ4v) is 2.18. The van der Waals surface area contributed by atoms with Crippen molar-refractivity contribution in [1.82, 2.24) is 4.90 Å². The van der Waals surface area contributed by atoms with Crippen LogP contribution in [0, 0.1) is 0 Å². The first-order chi connectivity index (χ1) is 9.10. The Morgan fingerprint density at radius 2 is 2.00 bits per heavy atom. The van der Waals surface area contributed by atoms with E-state index in [9.17, 15) is 9.59 Å². The molecule has 1 fully saturated rings. The molecule has 19 heavy (non-hydrogen) atoms. The van der Waals surface area contributed by atoms with E-state index in [-0.39, 0.29) is 18.6 Å². The normalized spacial score (nSPS) is 13.9. The third-order valence-corrected chi connectivity index (χ3v) is 3.64. The lowest BCUT2D eigenvalue weighted by Gasteiger charge is -2.20. The van der Waals surface area contributed by atoms with Crippen molar-refractivity contribution in [3.05, 3.63) is 24.3 Å². The largest absolute Gasteiger partial charge is 0.480 e. The third kappa shape index (κ3) is 3.89. The summed E-state index contributed by atoms with van der Waals surface area (Å²) in [4.78, 5) is 25.3. The number of carboxylic acids is 1. The lowest BCUT2D eigenvalue weighted by Crippen LogP contribution is -2.40. The van der Waals surface area contributed by atoms with Gasteiger partial charge in [0.1, 0.15) is 6.54 Å². The molecule has 5 nitrogen and oxygen atoms in total. The average molecular weight is 280 g/mol. The predicted molar refractivity (Wildman–Crippen MR) is 74.6 cm³/mol. The van der Waals surface area contributed by atoms with Crippen LogP contribution in [0.3, 0.4) is 0 Å². The Labute approximate surface area is 116 Å². The van der Waals surface area contributed by atoms with Crippen LogP contribution in [0.25, 0.3) is 0 Å². The van der Waals surface area contributed by atoms with E-state index in [4.69, 9.17) is 5.11 Å². The number of urea groups is 1. The third-order valence-electron chi connectivity index (χ3n) is 2.90. The highest BCUT2D eigenvalue weighted by molar-refractivity contribution is 7.98. The summed E-state index contributed by atoms with van der Waals surface area (Å²) in [6, 6.07) is 7.19. The molecule has 102 valence electrons. The second-order valence-corrected chi connectivity index (χ2v) is 5.29. The van der Waals surface area contributed by atoms with Crippen LogP contribution in [0.5, 0.6) is 0 Å². The number of carboxylic acid groups (broad SMARTS) is 1. The van der Waals surface area contributed by atoms with Crippen molar-refractivity contribution in [3.63, 3.8) is 0 Å². The summed E-state index contributed by atoms with van der Waals surface area (Å²) in [5, 5.41) is 11.6. The van der Waals surface area contributed by atoms with E-state index in [1.165, 1.54) is 4.90 Å². The van der Waals surface area contributed by atoms with Gasteiger partial charge in [-0.3, -0.25) is 4.79 Å². The molecule has 0 unspecified atom stereocenters. The summed E-state index contributed by atoms with van der Waals surface area (Å²) >= 11 is 1.63. The molecule has 1 aromatic rings. The number of benzene rings is 1. The maximum atomic E-state index is 12.0. The number of aliphatic carboxylic acids is 1. The Hall–Kier alpha value is -1.69. The highest BCUT2D eigenvalue weighted by Crippen LogP contribution is 2.27. The van der Waals surface area contributed by atoms with E-state index in [2.05, 4.69) is 5.32 Å². The summed E-state index contributed by atoms with van der Waals surface area (Å²) < 4.78 is 0. The number of anilines is 1. The van der Waals surface area contributed by atoms with Gasteiger partial charge in [-0.15, -0.1) is 11.8 Å². The molecule has 0 saturated heterocycles. The number of hydrogen-bond donors (Lipinski definition) is 2. The second-order valence-electron chi connectivity index (χ2n) is 4.41. The molecule has 1 saturated carbocycles. The molecule has 0 aliphatic heterocycles. The lowest BCUT2D eigenvalue weighted by molar-refractivity contribution is -0.137. The number of nitrogens with zero attached hydrogens (tertiary/aromatic N) is 1. The molecule has 0 aromatic heterocycles. The molecule has 0 heterocycles. The van der Waals surface area contributed by atoms with Gasteiger partial charge in [-0.1, -0.05) is 0 Å². The van der Waals surface area contributed by atoms with Gasteiger partial charge in [0.25, 0.3) is 0 Å². The summed E-state index contributed by atoms with van der Waals surface area (Å²) in [5.41, 5.74) is 0.679. The molecule has 2 amide bonds. The Balaban J connectivity index is 1.99. The van der Waals surface area contributed by atoms with Crippen LogP contribution in [0.1, 0.15) is 12.8 Å². The van der Waals surface area contributed by atoms with Crippen LogP contribution in [0.2, 0.25) is 0 Å². The summed E-state index contributed by atoms with van der Waals surface area (Å²) in [6.45, 7) is -0.251. The molecule has 0 radical (unpaired) electrons. The predicted octanol–water partition coefficient (Wildman–Crippen LogP) is 2.49. The summed E-state index contributed by atoms with van der Waals surface area (Å²) in [5.74, 6) is -0.986. The zero-order valence-corrected chi connectivity index (χ0v) is 11.4. The van der Waals surface area contributed by atoms with Crippen LogP contribution in [0.4, 0.5) is 10.5 Å². The van der Waals surface area contributed by atoms with Gasteiger partial charge >= 0.3 is 12.0 Å². The van der Waals surface area contributed by atoms with Crippen LogP contribution in [-0.2, 0) is 4.79 Å². The standard InChI is InChI=1S/C13H16N2O3S/c1-19-11-6-2-9(3-7-11)14-13(18)15(8-12(16)17)10-4-5-10/h2-3,6-7,10H,4-5,8H2,1H3,(H,14,18)(H,16,17). The van der Waals surface area contributed by atoms with Crippen molar-refractivity contribution in [3.8, 4) is 0 Å². The smallest absolute Gasteiger partial charge is 0.323 e. The highest BCUT2D eigenvalue weighted by atomic mass is 32.2. The molecule has 2 rings (SSSR count). The number of amides is 2. The maximum Gasteiger partial charge on any atom is 0.323 e. The van der Waals surface area contributed by atoms with Gasteiger partial charge in [-0.05, 0) is 43.4 Å². The van der Waals surface area contributed by atoms with Crippen molar-refractivity contribution in [2.45, 2.75) is 23.8 Å². The zero-order valence-electron chi connectivity index (χ0n) is 10.6. The van der Waals surface area contributed by atoms with Gasteiger partial charge in [0, 0.05) is 16.6 Å². The molecule has 0 bridgehead atoms. The quantitative estimate of drug-likeness (QED) is 0.813. The van der Waals surface area contributed by atoms with E-state index in [1.54, 1.807) is 11.8 Å². The van der Waals surface area contributed by atoms with Gasteiger partial charge in [0.2, 0.25) is 0 Å². The minimum atomic E-state index is -0.986. The van der Waals surface area contributed by atoms with Gasteiger partial charge in [0.15, 0.2) is 0 Å². The van der Waals surface area contributed by atoms with E-state index in [0.29, 0.717) is 5.69 Å². The van der Waals surface area contributed by atoms with Gasteiger partial charge in [-0.2, -0.15) is 0 Å². The lowest BCUT2D eigenvalue weighted by atomic mass is 10.3. The van der Waals surface area contributed by atoms with Crippen molar-refractivity contribution in [2.24, 2.45) is 0 Å². The molecule has 6 heteroatoms. The number of nitrogens with one attached hydrogen (secondary N) is 1. The molecular weight excluding hydrogens is 264 g/mol. The minimum Gasteiger partial charge on any atom is -0.480 e. The van der Waals surface area contributed by atoms with Crippen molar-refractivity contribution in [1.29, 1.82) is 0 Å². The average Bonchev–Trinajstić information content (AvgIpc) is 3.21. The highest BCUT2D eigenvalue weighted by Gasteiger charge is 2.33. The fourth-order valence-electron chi connectivity index (χ4n) is 1.77. The molecule has 2 N–H and O–H groups in total. The number of hydrogen-bond acceptors (Lipinski definition) is 3. The van der Waals surface area contributed by atoms with Crippen molar-refractivity contribution < 1.29 is 14.7 Å². The Morgan fingerprint density at radius 3 is 2.47 bits per heavy atom. The van der Waals surface area contributed by atoms with Crippen LogP contribution in [-0.4, -0.2) is 40.8 Å².